The lowest BCUT2D eigenvalue weighted by Gasteiger charge is -2.11. The Labute approximate surface area is 166 Å². The van der Waals surface area contributed by atoms with Gasteiger partial charge in [-0.25, -0.2) is 0 Å². The molecule has 0 saturated carbocycles. The van der Waals surface area contributed by atoms with E-state index in [1.807, 2.05) is 12.1 Å². The molecule has 2 aromatic heterocycles. The van der Waals surface area contributed by atoms with Gasteiger partial charge in [0.05, 0.1) is 5.02 Å². The van der Waals surface area contributed by atoms with Crippen molar-refractivity contribution in [3.05, 3.63) is 71.2 Å². The van der Waals surface area contributed by atoms with Crippen LogP contribution >= 0.6 is 23.4 Å². The van der Waals surface area contributed by atoms with Crippen molar-refractivity contribution in [2.24, 2.45) is 0 Å². The molecule has 146 valence electrons. The molecule has 0 fully saturated rings. The number of alkyl halides is 3. The molecule has 1 aromatic carbocycles. The zero-order chi connectivity index (χ0) is 20.1. The molecule has 0 bridgehead atoms. The highest BCUT2D eigenvalue weighted by Crippen LogP contribution is 2.32. The minimum Gasteiger partial charge on any atom is -0.445 e. The van der Waals surface area contributed by atoms with Crippen LogP contribution in [0.25, 0.3) is 0 Å². The van der Waals surface area contributed by atoms with Crippen molar-refractivity contribution in [2.45, 2.75) is 17.2 Å². The molecule has 5 nitrogen and oxygen atoms in total. The van der Waals surface area contributed by atoms with Gasteiger partial charge in [0, 0.05) is 23.8 Å². The second-order valence-corrected chi connectivity index (χ2v) is 6.80. The maximum atomic E-state index is 12.3. The van der Waals surface area contributed by atoms with Crippen molar-refractivity contribution in [1.82, 2.24) is 4.98 Å². The number of pyridine rings is 1. The van der Waals surface area contributed by atoms with Crippen LogP contribution in [0.5, 0.6) is 5.75 Å². The maximum Gasteiger partial charge on any atom is 0.573 e. The largest absolute Gasteiger partial charge is 0.573 e. The second kappa shape index (κ2) is 8.57. The first-order valence-corrected chi connectivity index (χ1v) is 9.15. The van der Waals surface area contributed by atoms with Crippen molar-refractivity contribution in [2.75, 3.05) is 5.32 Å². The predicted octanol–water partition coefficient (Wildman–Crippen LogP) is 5.77. The van der Waals surface area contributed by atoms with Crippen LogP contribution < -0.4 is 10.1 Å². The van der Waals surface area contributed by atoms with Crippen LogP contribution in [0.1, 0.15) is 16.1 Å². The topological polar surface area (TPSA) is 64.4 Å². The summed E-state index contributed by atoms with van der Waals surface area (Å²) >= 11 is 7.17. The third kappa shape index (κ3) is 5.67. The second-order valence-electron chi connectivity index (χ2n) is 5.41. The van der Waals surface area contributed by atoms with Gasteiger partial charge in [-0.1, -0.05) is 23.4 Å². The van der Waals surface area contributed by atoms with E-state index in [9.17, 15) is 18.0 Å². The first-order chi connectivity index (χ1) is 13.3. The highest BCUT2D eigenvalue weighted by Gasteiger charge is 2.32. The van der Waals surface area contributed by atoms with Gasteiger partial charge in [-0.2, -0.15) is 0 Å². The minimum atomic E-state index is -4.85. The molecule has 0 spiro atoms. The summed E-state index contributed by atoms with van der Waals surface area (Å²) in [4.78, 5) is 16.2. The van der Waals surface area contributed by atoms with Crippen molar-refractivity contribution in [3.63, 3.8) is 0 Å². The zero-order valence-electron chi connectivity index (χ0n) is 14.0. The van der Waals surface area contributed by atoms with Gasteiger partial charge in [0.25, 0.3) is 5.91 Å². The lowest BCUT2D eigenvalue weighted by atomic mass is 10.3. The van der Waals surface area contributed by atoms with Crippen LogP contribution in [0.15, 0.2) is 64.4 Å². The number of rotatable bonds is 6. The number of carbonyl (C=O) groups is 1. The third-order valence-corrected chi connectivity index (χ3v) is 4.63. The van der Waals surface area contributed by atoms with Crippen LogP contribution in [0.3, 0.4) is 0 Å². The number of nitrogens with one attached hydrogen (secondary N) is 1. The lowest BCUT2D eigenvalue weighted by Crippen LogP contribution is -2.17. The van der Waals surface area contributed by atoms with Gasteiger partial charge in [-0.3, -0.25) is 9.78 Å². The summed E-state index contributed by atoms with van der Waals surface area (Å²) in [7, 11) is 0. The summed E-state index contributed by atoms with van der Waals surface area (Å²) in [6.45, 7) is 0. The average molecular weight is 429 g/mol. The number of anilines is 1. The number of benzene rings is 1. The number of carbonyl (C=O) groups excluding carboxylic acids is 1. The van der Waals surface area contributed by atoms with Gasteiger partial charge in [-0.15, -0.1) is 13.2 Å². The highest BCUT2D eigenvalue weighted by molar-refractivity contribution is 7.98. The molecule has 10 heteroatoms. The van der Waals surface area contributed by atoms with Crippen molar-refractivity contribution < 1.29 is 27.1 Å². The van der Waals surface area contributed by atoms with Crippen LogP contribution in [0.2, 0.25) is 5.02 Å². The van der Waals surface area contributed by atoms with Crippen molar-refractivity contribution in [1.29, 1.82) is 0 Å². The Morgan fingerprint density at radius 3 is 2.61 bits per heavy atom. The van der Waals surface area contributed by atoms with Gasteiger partial charge in [0.1, 0.15) is 5.75 Å². The number of hydrogen-bond acceptors (Lipinski definition) is 5. The standard InChI is InChI=1S/C18H12ClF3N2O3S/c19-13-9-12(1-2-14(13)27-18(20,21)22)24-17(25)15-3-4-16(26-15)28-10-11-5-7-23-8-6-11/h1-9H,10H2,(H,24,25). The van der Waals surface area contributed by atoms with Crippen LogP contribution in [0.4, 0.5) is 18.9 Å². The summed E-state index contributed by atoms with van der Waals surface area (Å²) in [6.07, 6.45) is -1.48. The summed E-state index contributed by atoms with van der Waals surface area (Å²) in [5.41, 5.74) is 1.25. The van der Waals surface area contributed by atoms with E-state index in [0.717, 1.165) is 17.7 Å². The van der Waals surface area contributed by atoms with Gasteiger partial charge >= 0.3 is 6.36 Å². The molecule has 1 amide bonds. The van der Waals surface area contributed by atoms with E-state index in [0.29, 0.717) is 10.8 Å². The molecule has 2 heterocycles. The smallest absolute Gasteiger partial charge is 0.445 e. The average Bonchev–Trinajstić information content (AvgIpc) is 3.11. The van der Waals surface area contributed by atoms with Crippen LogP contribution in [0, 0.1) is 0 Å². The number of hydrogen-bond donors (Lipinski definition) is 1. The van der Waals surface area contributed by atoms with Crippen LogP contribution in [-0.4, -0.2) is 17.3 Å². The fourth-order valence-electron chi connectivity index (χ4n) is 2.13. The fourth-order valence-corrected chi connectivity index (χ4v) is 3.17. The molecule has 0 aliphatic rings. The summed E-state index contributed by atoms with van der Waals surface area (Å²) in [5, 5.41) is 2.77. The van der Waals surface area contributed by atoms with Gasteiger partial charge in [0.2, 0.25) is 0 Å². The molecule has 3 aromatic rings. The van der Waals surface area contributed by atoms with Crippen LogP contribution in [-0.2, 0) is 5.75 Å². The van der Waals surface area contributed by atoms with Gasteiger partial charge in [0.15, 0.2) is 10.9 Å². The predicted molar refractivity (Wildman–Crippen MR) is 98.6 cm³/mol. The first kappa shape index (κ1) is 20.1. The number of aromatic nitrogens is 1. The molecule has 0 saturated heterocycles. The van der Waals surface area contributed by atoms with E-state index < -0.39 is 18.0 Å². The summed E-state index contributed by atoms with van der Waals surface area (Å²) in [5.74, 6) is -0.409. The zero-order valence-corrected chi connectivity index (χ0v) is 15.6. The van der Waals surface area contributed by atoms with E-state index in [2.05, 4.69) is 15.0 Å². The fraction of sp³-hybridized carbons (Fsp3) is 0.111. The molecule has 0 radical (unpaired) electrons. The first-order valence-electron chi connectivity index (χ1n) is 7.78. The number of ether oxygens (including phenoxy) is 1. The Morgan fingerprint density at radius 1 is 1.18 bits per heavy atom. The molecule has 28 heavy (non-hydrogen) atoms. The molecule has 3 rings (SSSR count). The molecule has 0 unspecified atom stereocenters. The van der Waals surface area contributed by atoms with Crippen molar-refractivity contribution in [3.8, 4) is 5.75 Å². The third-order valence-electron chi connectivity index (χ3n) is 3.35. The lowest BCUT2D eigenvalue weighted by molar-refractivity contribution is -0.274. The number of furan rings is 1. The summed E-state index contributed by atoms with van der Waals surface area (Å²) in [6, 6.07) is 10.3. The molecule has 0 atom stereocenters. The molecular formula is C18H12ClF3N2O3S. The van der Waals surface area contributed by atoms with E-state index in [1.54, 1.807) is 18.5 Å². The molecule has 1 N–H and O–H groups in total. The van der Waals surface area contributed by atoms with E-state index in [-0.39, 0.29) is 16.5 Å². The Morgan fingerprint density at radius 2 is 1.93 bits per heavy atom. The SMILES string of the molecule is O=C(Nc1ccc(OC(F)(F)F)c(Cl)c1)c1ccc(SCc2ccncc2)o1. The molecule has 0 aliphatic carbocycles. The normalized spacial score (nSPS) is 11.3. The molecule has 0 aliphatic heterocycles. The Kier molecular flexibility index (Phi) is 6.15. The number of nitrogens with zero attached hydrogens (tertiary/aromatic N) is 1. The summed E-state index contributed by atoms with van der Waals surface area (Å²) < 4.78 is 46.0. The monoisotopic (exact) mass is 428 g/mol. The number of halogens is 4. The quantitative estimate of drug-likeness (QED) is 0.505. The van der Waals surface area contributed by atoms with E-state index >= 15 is 0 Å². The number of thioether (sulfide) groups is 1. The van der Waals surface area contributed by atoms with E-state index in [1.165, 1.54) is 23.9 Å². The van der Waals surface area contributed by atoms with Crippen molar-refractivity contribution >= 4 is 35.0 Å². The minimum absolute atomic E-state index is 0.0592. The Balaban J connectivity index is 1.60. The Bertz CT molecular complexity index is 964. The highest BCUT2D eigenvalue weighted by atomic mass is 35.5. The van der Waals surface area contributed by atoms with Gasteiger partial charge in [-0.05, 0) is 48.0 Å². The Hall–Kier alpha value is -2.65. The number of amides is 1. The maximum absolute atomic E-state index is 12.3. The van der Waals surface area contributed by atoms with Gasteiger partial charge < -0.3 is 14.5 Å². The molecular weight excluding hydrogens is 417 g/mol. The van der Waals surface area contributed by atoms with E-state index in [4.69, 9.17) is 16.0 Å².